The van der Waals surface area contributed by atoms with Crippen molar-refractivity contribution in [3.8, 4) is 11.4 Å². The second-order valence-corrected chi connectivity index (χ2v) is 9.04. The third-order valence-electron chi connectivity index (χ3n) is 6.70. The zero-order valence-corrected chi connectivity index (χ0v) is 19.8. The number of pyridine rings is 1. The van der Waals surface area contributed by atoms with Crippen molar-refractivity contribution in [2.75, 3.05) is 24.2 Å². The van der Waals surface area contributed by atoms with E-state index in [9.17, 15) is 4.79 Å². The van der Waals surface area contributed by atoms with Crippen LogP contribution in [0.5, 0.6) is 5.75 Å². The lowest BCUT2D eigenvalue weighted by atomic mass is 10.0. The number of nitrogens with one attached hydrogen (secondary N) is 1. The molecule has 10 nitrogen and oxygen atoms in total. The van der Waals surface area contributed by atoms with Crippen LogP contribution in [0.15, 0.2) is 59.5 Å². The summed E-state index contributed by atoms with van der Waals surface area (Å²) in [6.45, 7) is 1.02. The van der Waals surface area contributed by atoms with Gasteiger partial charge in [0.25, 0.3) is 5.56 Å². The molecule has 3 aromatic heterocycles. The van der Waals surface area contributed by atoms with Crippen LogP contribution in [-0.4, -0.2) is 44.4 Å². The Balaban J connectivity index is 1.42. The lowest BCUT2D eigenvalue weighted by Gasteiger charge is -2.29. The Labute approximate surface area is 206 Å². The Bertz CT molecular complexity index is 1640. The highest BCUT2D eigenvalue weighted by molar-refractivity contribution is 6.05. The minimum Gasteiger partial charge on any atom is -0.488 e. The third-order valence-corrected chi connectivity index (χ3v) is 6.70. The van der Waals surface area contributed by atoms with Gasteiger partial charge in [-0.2, -0.15) is 10.1 Å². The summed E-state index contributed by atoms with van der Waals surface area (Å²) in [5, 5.41) is 7.90. The number of hydrogen-bond donors (Lipinski definition) is 3. The molecule has 5 aromatic rings. The van der Waals surface area contributed by atoms with Crippen LogP contribution in [-0.2, 0) is 13.0 Å². The molecule has 0 radical (unpaired) electrons. The van der Waals surface area contributed by atoms with E-state index in [0.29, 0.717) is 46.7 Å². The van der Waals surface area contributed by atoms with Crippen LogP contribution in [0, 0.1) is 0 Å². The summed E-state index contributed by atoms with van der Waals surface area (Å²) in [7, 11) is 1.93. The monoisotopic (exact) mass is 482 g/mol. The van der Waals surface area contributed by atoms with Gasteiger partial charge in [-0.3, -0.25) is 14.5 Å². The molecule has 182 valence electrons. The molecular weight excluding hydrogens is 456 g/mol. The summed E-state index contributed by atoms with van der Waals surface area (Å²) in [4.78, 5) is 25.0. The van der Waals surface area contributed by atoms with Crippen molar-refractivity contribution < 1.29 is 4.74 Å². The summed E-state index contributed by atoms with van der Waals surface area (Å²) in [5.41, 5.74) is 15.3. The number of aromatic nitrogens is 5. The Hall–Kier alpha value is -4.44. The first kappa shape index (κ1) is 22.1. The van der Waals surface area contributed by atoms with Gasteiger partial charge in [-0.05, 0) is 42.2 Å². The van der Waals surface area contributed by atoms with Crippen LogP contribution >= 0.6 is 0 Å². The van der Waals surface area contributed by atoms with Gasteiger partial charge < -0.3 is 21.1 Å². The second kappa shape index (κ2) is 8.65. The van der Waals surface area contributed by atoms with Crippen LogP contribution in [0.25, 0.3) is 27.6 Å². The maximum absolute atomic E-state index is 13.6. The van der Waals surface area contributed by atoms with E-state index in [1.807, 2.05) is 54.4 Å². The van der Waals surface area contributed by atoms with Crippen LogP contribution < -0.4 is 26.7 Å². The van der Waals surface area contributed by atoms with Crippen molar-refractivity contribution >= 4 is 33.7 Å². The Kier molecular flexibility index (Phi) is 5.30. The first-order valence-corrected chi connectivity index (χ1v) is 11.8. The largest absolute Gasteiger partial charge is 0.488 e. The van der Waals surface area contributed by atoms with Gasteiger partial charge in [-0.15, -0.1) is 0 Å². The van der Waals surface area contributed by atoms with Gasteiger partial charge in [0.1, 0.15) is 17.2 Å². The first-order chi connectivity index (χ1) is 17.5. The maximum atomic E-state index is 13.6. The number of para-hydroxylation sites is 1. The standard InChI is InChI=1S/C26H26N8O2/c1-33(14-18-11-8-16-4-2-3-5-20(16)36-18)26-29-13-19-22-21(23(28)32-31-22)25(35)34(24(19)30-26)17-9-6-15(12-27)7-10-17/h2-7,9-10,13,18H,8,11-12,14,27H2,1H3,(H3,28,31,32)/t18-/m1/s1. The molecule has 4 heterocycles. The summed E-state index contributed by atoms with van der Waals surface area (Å²) in [5.74, 6) is 1.55. The molecular formula is C26H26N8O2. The van der Waals surface area contributed by atoms with Crippen molar-refractivity contribution in [3.05, 3.63) is 76.2 Å². The molecule has 5 N–H and O–H groups in total. The topological polar surface area (TPSA) is 141 Å². The smallest absolute Gasteiger partial charge is 0.270 e. The van der Waals surface area contributed by atoms with E-state index < -0.39 is 0 Å². The van der Waals surface area contributed by atoms with Crippen molar-refractivity contribution in [1.29, 1.82) is 0 Å². The Morgan fingerprint density at radius 2 is 2.00 bits per heavy atom. The van der Waals surface area contributed by atoms with Gasteiger partial charge in [0.05, 0.1) is 23.1 Å². The number of nitrogen functional groups attached to an aromatic ring is 1. The summed E-state index contributed by atoms with van der Waals surface area (Å²) < 4.78 is 7.77. The average Bonchev–Trinajstić information content (AvgIpc) is 3.30. The molecule has 0 saturated heterocycles. The summed E-state index contributed by atoms with van der Waals surface area (Å²) in [6.07, 6.45) is 3.58. The van der Waals surface area contributed by atoms with Crippen LogP contribution in [0.1, 0.15) is 17.5 Å². The normalized spacial score (nSPS) is 15.1. The molecule has 2 aromatic carbocycles. The predicted molar refractivity (Wildman–Crippen MR) is 140 cm³/mol. The average molecular weight is 483 g/mol. The number of rotatable bonds is 5. The minimum atomic E-state index is -0.302. The summed E-state index contributed by atoms with van der Waals surface area (Å²) >= 11 is 0. The van der Waals surface area contributed by atoms with Crippen LogP contribution in [0.2, 0.25) is 0 Å². The molecule has 0 unspecified atom stereocenters. The number of H-pyrrole nitrogens is 1. The molecule has 0 spiro atoms. The van der Waals surface area contributed by atoms with Crippen molar-refractivity contribution in [2.24, 2.45) is 5.73 Å². The van der Waals surface area contributed by atoms with Crippen molar-refractivity contribution in [3.63, 3.8) is 0 Å². The molecule has 6 rings (SSSR count). The van der Waals surface area contributed by atoms with Gasteiger partial charge in [-0.25, -0.2) is 4.98 Å². The number of ether oxygens (including phenoxy) is 1. The minimum absolute atomic E-state index is 0.00471. The Morgan fingerprint density at radius 3 is 2.81 bits per heavy atom. The van der Waals surface area contributed by atoms with E-state index in [2.05, 4.69) is 21.2 Å². The number of aryl methyl sites for hydroxylation is 1. The number of nitrogens with zero attached hydrogens (tertiary/aromatic N) is 5. The molecule has 1 aliphatic heterocycles. The fourth-order valence-corrected chi connectivity index (χ4v) is 4.79. The van der Waals surface area contributed by atoms with Gasteiger partial charge in [0.2, 0.25) is 5.95 Å². The molecule has 0 fully saturated rings. The molecule has 10 heteroatoms. The van der Waals surface area contributed by atoms with E-state index in [1.54, 1.807) is 10.8 Å². The molecule has 1 atom stereocenters. The number of anilines is 2. The van der Waals surface area contributed by atoms with Gasteiger partial charge in [-0.1, -0.05) is 30.3 Å². The zero-order chi connectivity index (χ0) is 24.8. The van der Waals surface area contributed by atoms with Crippen LogP contribution in [0.3, 0.4) is 0 Å². The Morgan fingerprint density at radius 1 is 1.19 bits per heavy atom. The molecule has 0 bridgehead atoms. The molecule has 0 aliphatic carbocycles. The quantitative estimate of drug-likeness (QED) is 0.347. The third kappa shape index (κ3) is 3.62. The van der Waals surface area contributed by atoms with Gasteiger partial charge in [0.15, 0.2) is 11.5 Å². The SMILES string of the molecule is CN(C[C@H]1CCc2ccccc2O1)c1ncc2c3[nH]nc(N)c3c(=O)n(-c3ccc(CN)cc3)c2n1. The van der Waals surface area contributed by atoms with E-state index in [4.69, 9.17) is 21.2 Å². The lowest BCUT2D eigenvalue weighted by Crippen LogP contribution is -2.36. The summed E-state index contributed by atoms with van der Waals surface area (Å²) in [6, 6.07) is 15.6. The lowest BCUT2D eigenvalue weighted by molar-refractivity contribution is 0.179. The first-order valence-electron chi connectivity index (χ1n) is 11.8. The number of likely N-dealkylation sites (N-methyl/N-ethyl adjacent to an activating group) is 1. The molecule has 1 aliphatic rings. The van der Waals surface area contributed by atoms with Gasteiger partial charge >= 0.3 is 0 Å². The fourth-order valence-electron chi connectivity index (χ4n) is 4.79. The fraction of sp³-hybridized carbons (Fsp3) is 0.231. The van der Waals surface area contributed by atoms with E-state index in [0.717, 1.165) is 24.2 Å². The van der Waals surface area contributed by atoms with E-state index in [-0.39, 0.29) is 17.5 Å². The maximum Gasteiger partial charge on any atom is 0.270 e. The highest BCUT2D eigenvalue weighted by Crippen LogP contribution is 2.29. The van der Waals surface area contributed by atoms with Crippen molar-refractivity contribution in [2.45, 2.75) is 25.5 Å². The number of fused-ring (bicyclic) bond motifs is 4. The molecule has 0 saturated carbocycles. The number of aromatic amines is 1. The van der Waals surface area contributed by atoms with Crippen molar-refractivity contribution in [1.82, 2.24) is 24.7 Å². The van der Waals surface area contributed by atoms with Gasteiger partial charge in [0, 0.05) is 19.8 Å². The molecule has 36 heavy (non-hydrogen) atoms. The zero-order valence-electron chi connectivity index (χ0n) is 19.8. The van der Waals surface area contributed by atoms with Crippen LogP contribution in [0.4, 0.5) is 11.8 Å². The highest BCUT2D eigenvalue weighted by atomic mass is 16.5. The number of nitrogens with two attached hydrogens (primary N) is 2. The highest BCUT2D eigenvalue weighted by Gasteiger charge is 2.23. The molecule has 0 amide bonds. The second-order valence-electron chi connectivity index (χ2n) is 9.04. The predicted octanol–water partition coefficient (Wildman–Crippen LogP) is 2.53. The number of benzene rings is 2. The number of hydrogen-bond acceptors (Lipinski definition) is 8. The van der Waals surface area contributed by atoms with E-state index in [1.165, 1.54) is 5.56 Å². The van der Waals surface area contributed by atoms with E-state index >= 15 is 0 Å².